The van der Waals surface area contributed by atoms with E-state index >= 15 is 0 Å². The van der Waals surface area contributed by atoms with E-state index in [1.165, 1.54) is 4.31 Å². The number of carbonyl (C=O) groups is 1. The summed E-state index contributed by atoms with van der Waals surface area (Å²) in [4.78, 5) is 14.7. The molecule has 1 amide bonds. The molecule has 2 bridgehead atoms. The maximum atomic E-state index is 13.1. The molecule has 0 unspecified atom stereocenters. The van der Waals surface area contributed by atoms with Gasteiger partial charge in [-0.3, -0.25) is 4.79 Å². The Morgan fingerprint density at radius 3 is 2.60 bits per heavy atom. The Kier molecular flexibility index (Phi) is 4.76. The molecule has 1 aromatic rings. The highest BCUT2D eigenvalue weighted by Crippen LogP contribution is 2.33. The molecule has 2 atom stereocenters. The van der Waals surface area contributed by atoms with E-state index in [4.69, 9.17) is 4.52 Å². The minimum absolute atomic E-state index is 0.0604. The number of sulfonamides is 1. The van der Waals surface area contributed by atoms with Gasteiger partial charge in [-0.2, -0.15) is 4.31 Å². The summed E-state index contributed by atoms with van der Waals surface area (Å²) in [6.07, 6.45) is 3.59. The molecule has 3 fully saturated rings. The number of allylic oxidation sites excluding steroid dienone is 1. The van der Waals surface area contributed by atoms with Crippen LogP contribution in [0.25, 0.3) is 0 Å². The SMILES string of the molecule is CC(C)=CCN1C(=O)[C@H]2CC[C@@H]1CN(S(=O)(=O)c1c(C)noc1C)C2. The lowest BCUT2D eigenvalue weighted by Crippen LogP contribution is -2.48. The van der Waals surface area contributed by atoms with Crippen molar-refractivity contribution < 1.29 is 17.7 Å². The van der Waals surface area contributed by atoms with Crippen LogP contribution in [0.5, 0.6) is 0 Å². The standard InChI is InChI=1S/C17H25N3O4S/c1-11(2)7-8-20-15-6-5-14(17(20)21)9-19(10-15)25(22,23)16-12(3)18-24-13(16)4/h7,14-15H,5-6,8-10H2,1-4H3/t14-,15+/m0/s1. The van der Waals surface area contributed by atoms with Crippen LogP contribution in [0.1, 0.15) is 38.1 Å². The third kappa shape index (κ3) is 3.25. The predicted molar refractivity (Wildman–Crippen MR) is 92.4 cm³/mol. The zero-order chi connectivity index (χ0) is 18.4. The zero-order valence-corrected chi connectivity index (χ0v) is 16.0. The van der Waals surface area contributed by atoms with Gasteiger partial charge in [0, 0.05) is 25.7 Å². The van der Waals surface area contributed by atoms with E-state index in [0.29, 0.717) is 24.5 Å². The van der Waals surface area contributed by atoms with E-state index < -0.39 is 10.0 Å². The van der Waals surface area contributed by atoms with Crippen LogP contribution in [-0.4, -0.2) is 54.4 Å². The van der Waals surface area contributed by atoms with Crippen LogP contribution in [0, 0.1) is 19.8 Å². The second-order valence-electron chi connectivity index (χ2n) is 7.18. The molecule has 3 aliphatic heterocycles. The highest BCUT2D eigenvalue weighted by molar-refractivity contribution is 7.89. The molecule has 3 saturated heterocycles. The lowest BCUT2D eigenvalue weighted by atomic mass is 9.94. The second-order valence-corrected chi connectivity index (χ2v) is 9.05. The van der Waals surface area contributed by atoms with Gasteiger partial charge in [-0.05, 0) is 40.5 Å². The third-order valence-corrected chi connectivity index (χ3v) is 7.10. The number of hydrogen-bond acceptors (Lipinski definition) is 5. The Morgan fingerprint density at radius 1 is 1.28 bits per heavy atom. The van der Waals surface area contributed by atoms with Crippen molar-refractivity contribution >= 4 is 15.9 Å². The topological polar surface area (TPSA) is 83.7 Å². The minimum atomic E-state index is -3.72. The van der Waals surface area contributed by atoms with Crippen LogP contribution >= 0.6 is 0 Å². The molecule has 0 spiro atoms. The molecule has 4 rings (SSSR count). The molecule has 4 heterocycles. The molecule has 8 heteroatoms. The van der Waals surface area contributed by atoms with Crippen LogP contribution in [-0.2, 0) is 14.8 Å². The molecule has 138 valence electrons. The van der Waals surface area contributed by atoms with Crippen molar-refractivity contribution in [3.63, 3.8) is 0 Å². The molecule has 0 N–H and O–H groups in total. The van der Waals surface area contributed by atoms with E-state index in [2.05, 4.69) is 5.16 Å². The number of hydrogen-bond donors (Lipinski definition) is 0. The lowest BCUT2D eigenvalue weighted by molar-refractivity contribution is -0.139. The fraction of sp³-hybridized carbons (Fsp3) is 0.647. The van der Waals surface area contributed by atoms with Crippen LogP contribution in [0.15, 0.2) is 21.1 Å². The molecule has 3 aliphatic rings. The Bertz CT molecular complexity index is 788. The zero-order valence-electron chi connectivity index (χ0n) is 15.2. The van der Waals surface area contributed by atoms with E-state index in [1.807, 2.05) is 24.8 Å². The van der Waals surface area contributed by atoms with Crippen LogP contribution < -0.4 is 0 Å². The van der Waals surface area contributed by atoms with Crippen molar-refractivity contribution in [1.82, 2.24) is 14.4 Å². The van der Waals surface area contributed by atoms with Gasteiger partial charge in [0.1, 0.15) is 10.6 Å². The van der Waals surface area contributed by atoms with Crippen LogP contribution in [0.4, 0.5) is 0 Å². The quantitative estimate of drug-likeness (QED) is 0.759. The maximum Gasteiger partial charge on any atom is 0.248 e. The summed E-state index contributed by atoms with van der Waals surface area (Å²) >= 11 is 0. The average Bonchev–Trinajstić information content (AvgIpc) is 2.72. The number of carbonyl (C=O) groups excluding carboxylic acids is 1. The summed E-state index contributed by atoms with van der Waals surface area (Å²) in [5, 5.41) is 3.77. The minimum Gasteiger partial charge on any atom is -0.360 e. The molecule has 7 nitrogen and oxygen atoms in total. The molecular formula is C17H25N3O4S. The van der Waals surface area contributed by atoms with Gasteiger partial charge >= 0.3 is 0 Å². The lowest BCUT2D eigenvalue weighted by Gasteiger charge is -2.35. The molecule has 0 saturated carbocycles. The third-order valence-electron chi connectivity index (χ3n) is 5.02. The highest BCUT2D eigenvalue weighted by atomic mass is 32.2. The first-order valence-electron chi connectivity index (χ1n) is 8.58. The van der Waals surface area contributed by atoms with Gasteiger partial charge < -0.3 is 9.42 Å². The van der Waals surface area contributed by atoms with Gasteiger partial charge in [0.2, 0.25) is 15.9 Å². The smallest absolute Gasteiger partial charge is 0.248 e. The fourth-order valence-electron chi connectivity index (χ4n) is 3.69. The van der Waals surface area contributed by atoms with Crippen molar-refractivity contribution in [1.29, 1.82) is 0 Å². The van der Waals surface area contributed by atoms with Gasteiger partial charge in [0.05, 0.1) is 5.92 Å². The summed E-state index contributed by atoms with van der Waals surface area (Å²) in [7, 11) is -3.72. The van der Waals surface area contributed by atoms with Crippen molar-refractivity contribution in [2.24, 2.45) is 5.92 Å². The number of piperidine rings is 1. The number of aromatic nitrogens is 1. The van der Waals surface area contributed by atoms with Gasteiger partial charge in [0.25, 0.3) is 0 Å². The van der Waals surface area contributed by atoms with Crippen molar-refractivity contribution in [3.05, 3.63) is 23.1 Å². The number of amides is 1. The second kappa shape index (κ2) is 6.57. The van der Waals surface area contributed by atoms with E-state index in [1.54, 1.807) is 13.8 Å². The number of nitrogens with zero attached hydrogens (tertiary/aromatic N) is 3. The number of fused-ring (bicyclic) bond motifs is 4. The predicted octanol–water partition coefficient (Wildman–Crippen LogP) is 1.87. The molecule has 0 radical (unpaired) electrons. The Morgan fingerprint density at radius 2 is 2.00 bits per heavy atom. The van der Waals surface area contributed by atoms with Gasteiger partial charge in [-0.25, -0.2) is 8.42 Å². The van der Waals surface area contributed by atoms with Crippen molar-refractivity contribution in [2.45, 2.75) is 51.5 Å². The van der Waals surface area contributed by atoms with Crippen LogP contribution in [0.2, 0.25) is 0 Å². The summed E-state index contributed by atoms with van der Waals surface area (Å²) in [6, 6.07) is -0.0860. The largest absolute Gasteiger partial charge is 0.360 e. The van der Waals surface area contributed by atoms with Gasteiger partial charge in [0.15, 0.2) is 5.76 Å². The summed E-state index contributed by atoms with van der Waals surface area (Å²) in [5.41, 5.74) is 1.51. The van der Waals surface area contributed by atoms with E-state index in [9.17, 15) is 13.2 Å². The highest BCUT2D eigenvalue weighted by Gasteiger charge is 2.44. The monoisotopic (exact) mass is 367 g/mol. The van der Waals surface area contributed by atoms with E-state index in [0.717, 1.165) is 18.4 Å². The molecule has 0 aromatic carbocycles. The fourth-order valence-corrected chi connectivity index (χ4v) is 5.50. The van der Waals surface area contributed by atoms with Crippen LogP contribution in [0.3, 0.4) is 0 Å². The first-order valence-corrected chi connectivity index (χ1v) is 10.0. The summed E-state index contributed by atoms with van der Waals surface area (Å²) in [6.45, 7) is 8.32. The first kappa shape index (κ1) is 18.1. The maximum absolute atomic E-state index is 13.1. The summed E-state index contributed by atoms with van der Waals surface area (Å²) < 4.78 is 32.7. The van der Waals surface area contributed by atoms with Gasteiger partial charge in [-0.1, -0.05) is 16.8 Å². The Hall–Kier alpha value is -1.67. The molecule has 1 aromatic heterocycles. The molecule has 0 aliphatic carbocycles. The molecular weight excluding hydrogens is 342 g/mol. The number of aryl methyl sites for hydroxylation is 2. The normalized spacial score (nSPS) is 24.5. The first-order chi connectivity index (χ1) is 11.7. The summed E-state index contributed by atoms with van der Waals surface area (Å²) in [5.74, 6) is 0.0755. The average molecular weight is 367 g/mol. The van der Waals surface area contributed by atoms with Crippen molar-refractivity contribution in [3.8, 4) is 0 Å². The molecule has 25 heavy (non-hydrogen) atoms. The van der Waals surface area contributed by atoms with Crippen molar-refractivity contribution in [2.75, 3.05) is 19.6 Å². The van der Waals surface area contributed by atoms with Gasteiger partial charge in [-0.15, -0.1) is 0 Å². The van der Waals surface area contributed by atoms with E-state index in [-0.39, 0.29) is 29.3 Å². The number of rotatable bonds is 4. The Balaban J connectivity index is 1.92. The Labute approximate surface area is 148 Å².